The van der Waals surface area contributed by atoms with Crippen LogP contribution in [0, 0.1) is 0 Å². The molecule has 1 atom stereocenters. The van der Waals surface area contributed by atoms with Crippen molar-refractivity contribution in [2.45, 2.75) is 26.4 Å². The number of halogens is 1. The zero-order valence-electron chi connectivity index (χ0n) is 9.29. The molecule has 0 bridgehead atoms. The standard InChI is InChI=1S/C13H13ClO2/c1-8(15)11-7-13(16-9(11)2)10-5-3-4-6-12(10)14/h3-6,13H,7H2,1-2H3. The molecule has 0 aliphatic carbocycles. The topological polar surface area (TPSA) is 26.3 Å². The predicted octanol–water partition coefficient (Wildman–Crippen LogP) is 3.66. The fraction of sp³-hybridized carbons (Fsp3) is 0.308. The summed E-state index contributed by atoms with van der Waals surface area (Å²) in [5.74, 6) is 0.796. The summed E-state index contributed by atoms with van der Waals surface area (Å²) >= 11 is 6.10. The molecular formula is C13H13ClO2. The number of ketones is 1. The Hall–Kier alpha value is -1.28. The second-order valence-corrected chi connectivity index (χ2v) is 4.33. The van der Waals surface area contributed by atoms with Gasteiger partial charge in [-0.2, -0.15) is 0 Å². The Kier molecular flexibility index (Phi) is 3.01. The lowest BCUT2D eigenvalue weighted by molar-refractivity contribution is -0.113. The van der Waals surface area contributed by atoms with Crippen LogP contribution >= 0.6 is 11.6 Å². The van der Waals surface area contributed by atoms with Gasteiger partial charge in [0.15, 0.2) is 5.78 Å². The van der Waals surface area contributed by atoms with Crippen molar-refractivity contribution in [1.29, 1.82) is 0 Å². The van der Waals surface area contributed by atoms with Crippen LogP contribution in [0.4, 0.5) is 0 Å². The lowest BCUT2D eigenvalue weighted by Gasteiger charge is -2.13. The van der Waals surface area contributed by atoms with E-state index in [1.807, 2.05) is 31.2 Å². The van der Waals surface area contributed by atoms with E-state index in [-0.39, 0.29) is 11.9 Å². The number of carbonyl (C=O) groups excluding carboxylic acids is 1. The van der Waals surface area contributed by atoms with Crippen molar-refractivity contribution in [3.63, 3.8) is 0 Å². The zero-order chi connectivity index (χ0) is 11.7. The Morgan fingerprint density at radius 3 is 2.69 bits per heavy atom. The highest BCUT2D eigenvalue weighted by Crippen LogP contribution is 2.38. The van der Waals surface area contributed by atoms with E-state index >= 15 is 0 Å². The lowest BCUT2D eigenvalue weighted by Crippen LogP contribution is -1.99. The molecule has 0 spiro atoms. The first-order valence-corrected chi connectivity index (χ1v) is 5.59. The van der Waals surface area contributed by atoms with Crippen molar-refractivity contribution in [2.75, 3.05) is 0 Å². The Morgan fingerprint density at radius 2 is 2.12 bits per heavy atom. The first kappa shape index (κ1) is 11.2. The highest BCUT2D eigenvalue weighted by Gasteiger charge is 2.28. The van der Waals surface area contributed by atoms with Crippen molar-refractivity contribution in [3.8, 4) is 0 Å². The Balaban J connectivity index is 2.24. The summed E-state index contributed by atoms with van der Waals surface area (Å²) in [4.78, 5) is 11.3. The molecule has 1 unspecified atom stereocenters. The minimum absolute atomic E-state index is 0.0760. The Bertz CT molecular complexity index is 463. The second-order valence-electron chi connectivity index (χ2n) is 3.92. The molecule has 3 heteroatoms. The molecule has 0 radical (unpaired) electrons. The lowest BCUT2D eigenvalue weighted by atomic mass is 10.0. The van der Waals surface area contributed by atoms with Crippen LogP contribution in [0.3, 0.4) is 0 Å². The summed E-state index contributed by atoms with van der Waals surface area (Å²) in [6, 6.07) is 7.57. The van der Waals surface area contributed by atoms with E-state index in [1.165, 1.54) is 0 Å². The van der Waals surface area contributed by atoms with Crippen molar-refractivity contribution < 1.29 is 9.53 Å². The van der Waals surface area contributed by atoms with Gasteiger partial charge < -0.3 is 4.74 Å². The van der Waals surface area contributed by atoms with Crippen LogP contribution in [0.5, 0.6) is 0 Å². The van der Waals surface area contributed by atoms with Crippen LogP contribution in [0.2, 0.25) is 5.02 Å². The summed E-state index contributed by atoms with van der Waals surface area (Å²) in [6.07, 6.45) is 0.498. The number of carbonyl (C=O) groups is 1. The molecule has 2 nitrogen and oxygen atoms in total. The maximum absolute atomic E-state index is 11.3. The molecule has 1 aliphatic rings. The average molecular weight is 237 g/mol. The quantitative estimate of drug-likeness (QED) is 0.783. The Morgan fingerprint density at radius 1 is 1.44 bits per heavy atom. The normalized spacial score (nSPS) is 19.8. The molecule has 16 heavy (non-hydrogen) atoms. The molecule has 0 N–H and O–H groups in total. The highest BCUT2D eigenvalue weighted by molar-refractivity contribution is 6.31. The third kappa shape index (κ3) is 1.98. The van der Waals surface area contributed by atoms with Gasteiger partial charge in [-0.15, -0.1) is 0 Å². The largest absolute Gasteiger partial charge is 0.490 e. The SMILES string of the molecule is CC(=O)C1=C(C)OC(c2ccccc2Cl)C1. The molecule has 0 amide bonds. The minimum atomic E-state index is -0.118. The van der Waals surface area contributed by atoms with Crippen LogP contribution in [-0.2, 0) is 9.53 Å². The summed E-state index contributed by atoms with van der Waals surface area (Å²) < 4.78 is 5.68. The maximum Gasteiger partial charge on any atom is 0.159 e. The van der Waals surface area contributed by atoms with Crippen LogP contribution in [-0.4, -0.2) is 5.78 Å². The molecule has 1 heterocycles. The van der Waals surface area contributed by atoms with E-state index in [0.717, 1.165) is 16.9 Å². The number of Topliss-reactive ketones (excluding diaryl/α,β-unsaturated/α-hetero) is 1. The number of ether oxygens (including phenoxy) is 1. The molecule has 0 aromatic heterocycles. The number of hydrogen-bond acceptors (Lipinski definition) is 2. The van der Waals surface area contributed by atoms with Gasteiger partial charge in [0.1, 0.15) is 11.9 Å². The molecule has 1 aromatic rings. The van der Waals surface area contributed by atoms with E-state index in [2.05, 4.69) is 0 Å². The molecule has 0 saturated carbocycles. The minimum Gasteiger partial charge on any atom is -0.490 e. The van der Waals surface area contributed by atoms with Gasteiger partial charge in [0.05, 0.1) is 0 Å². The third-order valence-corrected chi connectivity index (χ3v) is 3.15. The predicted molar refractivity (Wildman–Crippen MR) is 63.3 cm³/mol. The second kappa shape index (κ2) is 4.30. The smallest absolute Gasteiger partial charge is 0.159 e. The van der Waals surface area contributed by atoms with Gasteiger partial charge in [-0.05, 0) is 19.9 Å². The van der Waals surface area contributed by atoms with Gasteiger partial charge in [0.2, 0.25) is 0 Å². The van der Waals surface area contributed by atoms with E-state index in [0.29, 0.717) is 11.4 Å². The molecular weight excluding hydrogens is 224 g/mol. The molecule has 84 valence electrons. The van der Waals surface area contributed by atoms with Gasteiger partial charge >= 0.3 is 0 Å². The number of rotatable bonds is 2. The monoisotopic (exact) mass is 236 g/mol. The molecule has 0 fully saturated rings. The molecule has 2 rings (SSSR count). The van der Waals surface area contributed by atoms with Gasteiger partial charge in [0.25, 0.3) is 0 Å². The van der Waals surface area contributed by atoms with E-state index in [4.69, 9.17) is 16.3 Å². The van der Waals surface area contributed by atoms with Gasteiger partial charge in [-0.3, -0.25) is 4.79 Å². The van der Waals surface area contributed by atoms with Crippen LogP contribution in [0.1, 0.15) is 31.9 Å². The number of hydrogen-bond donors (Lipinski definition) is 0. The van der Waals surface area contributed by atoms with Crippen molar-refractivity contribution in [2.24, 2.45) is 0 Å². The third-order valence-electron chi connectivity index (χ3n) is 2.81. The fourth-order valence-electron chi connectivity index (χ4n) is 1.96. The summed E-state index contributed by atoms with van der Waals surface area (Å²) in [6.45, 7) is 3.39. The maximum atomic E-state index is 11.3. The van der Waals surface area contributed by atoms with E-state index in [1.54, 1.807) is 6.92 Å². The fourth-order valence-corrected chi connectivity index (χ4v) is 2.21. The summed E-state index contributed by atoms with van der Waals surface area (Å²) in [5, 5.41) is 0.685. The van der Waals surface area contributed by atoms with Crippen molar-refractivity contribution in [3.05, 3.63) is 46.2 Å². The van der Waals surface area contributed by atoms with Crippen LogP contribution in [0.25, 0.3) is 0 Å². The summed E-state index contributed by atoms with van der Waals surface area (Å²) in [7, 11) is 0. The molecule has 1 aliphatic heterocycles. The van der Waals surface area contributed by atoms with Crippen LogP contribution in [0.15, 0.2) is 35.6 Å². The zero-order valence-corrected chi connectivity index (χ0v) is 10.0. The van der Waals surface area contributed by atoms with Crippen LogP contribution < -0.4 is 0 Å². The molecule has 0 saturated heterocycles. The first-order chi connectivity index (χ1) is 7.59. The Labute approximate surface area is 99.9 Å². The number of benzene rings is 1. The van der Waals surface area contributed by atoms with E-state index in [9.17, 15) is 4.79 Å². The van der Waals surface area contributed by atoms with Gasteiger partial charge in [0, 0.05) is 22.6 Å². The average Bonchev–Trinajstić information content (AvgIpc) is 2.61. The highest BCUT2D eigenvalue weighted by atomic mass is 35.5. The van der Waals surface area contributed by atoms with Crippen molar-refractivity contribution >= 4 is 17.4 Å². The molecule has 1 aromatic carbocycles. The first-order valence-electron chi connectivity index (χ1n) is 5.21. The van der Waals surface area contributed by atoms with E-state index < -0.39 is 0 Å². The summed E-state index contributed by atoms with van der Waals surface area (Å²) in [5.41, 5.74) is 1.71. The van der Waals surface area contributed by atoms with Crippen molar-refractivity contribution in [1.82, 2.24) is 0 Å². The van der Waals surface area contributed by atoms with Gasteiger partial charge in [-0.1, -0.05) is 29.8 Å². The number of allylic oxidation sites excluding steroid dienone is 1. The van der Waals surface area contributed by atoms with Gasteiger partial charge in [-0.25, -0.2) is 0 Å².